The Morgan fingerprint density at radius 2 is 1.83 bits per heavy atom. The van der Waals surface area contributed by atoms with Crippen LogP contribution in [0.4, 0.5) is 16.2 Å². The third-order valence-electron chi connectivity index (χ3n) is 7.19. The van der Waals surface area contributed by atoms with Crippen molar-refractivity contribution in [2.24, 2.45) is 4.99 Å². The van der Waals surface area contributed by atoms with E-state index in [4.69, 9.17) is 29.9 Å². The van der Waals surface area contributed by atoms with Crippen molar-refractivity contribution < 1.29 is 19.0 Å². The summed E-state index contributed by atoms with van der Waals surface area (Å²) in [6.45, 7) is 15.1. The summed E-state index contributed by atoms with van der Waals surface area (Å²) in [5.74, 6) is 1.12. The second-order valence-electron chi connectivity index (χ2n) is 11.6. The molecule has 2 N–H and O–H groups in total. The minimum absolute atomic E-state index is 0.0100. The number of hydrogen-bond donors (Lipinski definition) is 1. The average molecular weight is 563 g/mol. The van der Waals surface area contributed by atoms with Gasteiger partial charge in [-0.05, 0) is 72.7 Å². The highest BCUT2D eigenvalue weighted by atomic mass is 16.7. The first kappa shape index (κ1) is 30.0. The molecule has 1 amide bonds. The Hall–Kier alpha value is -3.92. The lowest BCUT2D eigenvalue weighted by Gasteiger charge is -2.45. The standard InChI is InChI=1S/C31H42N6O4/c1-18-15-36(16-19(2)37(18)30(38)41-31(5,6)7)23-10-11-26-24(13-23)21(4)34-29(35-26)25-12-22(14-33-8)27(32)20(3)28(25)40-17-39-9/h10-14,18-19H,15-17,32H2,1-9H3/t18-,19-/m0/s1. The number of nitrogen functional groups attached to an aromatic ring is 1. The molecule has 0 saturated carbocycles. The van der Waals surface area contributed by atoms with E-state index in [1.807, 2.05) is 51.7 Å². The van der Waals surface area contributed by atoms with Crippen molar-refractivity contribution in [3.63, 3.8) is 0 Å². The van der Waals surface area contributed by atoms with Crippen LogP contribution in [0.25, 0.3) is 22.3 Å². The van der Waals surface area contributed by atoms with Crippen LogP contribution in [0.2, 0.25) is 0 Å². The number of nitrogens with two attached hydrogens (primary N) is 1. The maximum atomic E-state index is 12.9. The molecule has 1 aromatic heterocycles. The maximum absolute atomic E-state index is 12.9. The van der Waals surface area contributed by atoms with Gasteiger partial charge in [0.2, 0.25) is 0 Å². The molecule has 1 fully saturated rings. The minimum Gasteiger partial charge on any atom is -0.466 e. The van der Waals surface area contributed by atoms with Gasteiger partial charge in [0.15, 0.2) is 12.6 Å². The van der Waals surface area contributed by atoms with Crippen molar-refractivity contribution in [1.29, 1.82) is 0 Å². The third kappa shape index (κ3) is 6.37. The first-order valence-corrected chi connectivity index (χ1v) is 13.9. The number of anilines is 2. The minimum atomic E-state index is -0.532. The zero-order valence-electron chi connectivity index (χ0n) is 25.6. The summed E-state index contributed by atoms with van der Waals surface area (Å²) in [4.78, 5) is 31.0. The van der Waals surface area contributed by atoms with Crippen LogP contribution in [0.1, 0.15) is 51.4 Å². The second-order valence-corrected chi connectivity index (χ2v) is 11.6. The van der Waals surface area contributed by atoms with E-state index in [1.165, 1.54) is 0 Å². The van der Waals surface area contributed by atoms with Gasteiger partial charge >= 0.3 is 6.09 Å². The lowest BCUT2D eigenvalue weighted by atomic mass is 10.0. The van der Waals surface area contributed by atoms with Crippen molar-refractivity contribution in [3.8, 4) is 17.1 Å². The van der Waals surface area contributed by atoms with Gasteiger partial charge in [0.1, 0.15) is 11.4 Å². The fourth-order valence-electron chi connectivity index (χ4n) is 5.35. The number of carbonyl (C=O) groups excluding carboxylic acids is 1. The Bertz CT molecular complexity index is 1450. The summed E-state index contributed by atoms with van der Waals surface area (Å²) in [5.41, 5.74) is 11.4. The Morgan fingerprint density at radius 3 is 2.44 bits per heavy atom. The molecule has 3 aromatic rings. The van der Waals surface area contributed by atoms with Crippen LogP contribution in [0.3, 0.4) is 0 Å². The molecule has 2 heterocycles. The fraction of sp³-hybridized carbons (Fsp3) is 0.484. The highest BCUT2D eigenvalue weighted by molar-refractivity contribution is 5.93. The normalized spacial score (nSPS) is 17.9. The van der Waals surface area contributed by atoms with Crippen LogP contribution < -0.4 is 15.4 Å². The number of rotatable bonds is 6. The topological polar surface area (TPSA) is 115 Å². The van der Waals surface area contributed by atoms with Gasteiger partial charge in [-0.2, -0.15) is 0 Å². The molecule has 0 radical (unpaired) electrons. The number of amides is 1. The Balaban J connectivity index is 1.68. The van der Waals surface area contributed by atoms with E-state index in [0.717, 1.165) is 39.0 Å². The van der Waals surface area contributed by atoms with Crippen molar-refractivity contribution >= 4 is 34.6 Å². The number of nitrogens with zero attached hydrogens (tertiary/aromatic N) is 5. The van der Waals surface area contributed by atoms with E-state index in [1.54, 1.807) is 20.4 Å². The fourth-order valence-corrected chi connectivity index (χ4v) is 5.35. The highest BCUT2D eigenvalue weighted by Gasteiger charge is 2.35. The summed E-state index contributed by atoms with van der Waals surface area (Å²) in [6, 6.07) is 8.11. The Labute approximate surface area is 242 Å². The van der Waals surface area contributed by atoms with E-state index in [9.17, 15) is 4.79 Å². The predicted molar refractivity (Wildman–Crippen MR) is 164 cm³/mol. The summed E-state index contributed by atoms with van der Waals surface area (Å²) in [6.07, 6.45) is 1.45. The number of fused-ring (bicyclic) bond motifs is 1. The maximum Gasteiger partial charge on any atom is 0.410 e. The summed E-state index contributed by atoms with van der Waals surface area (Å²) in [5, 5.41) is 0.961. The molecule has 4 rings (SSSR count). The first-order chi connectivity index (χ1) is 19.3. The molecule has 0 spiro atoms. The largest absolute Gasteiger partial charge is 0.466 e. The van der Waals surface area contributed by atoms with Crippen LogP contribution in [0, 0.1) is 13.8 Å². The van der Waals surface area contributed by atoms with E-state index in [-0.39, 0.29) is 25.0 Å². The number of ether oxygens (including phenoxy) is 3. The van der Waals surface area contributed by atoms with Gasteiger partial charge < -0.3 is 24.8 Å². The molecule has 1 saturated heterocycles. The SMILES string of the molecule is CN=Cc1cc(-c2nc(C)c3cc(N4C[C@H](C)N(C(=O)OC(C)(C)C)[C@@H](C)C4)ccc3n2)c(OCOC)c(C)c1N. The molecule has 41 heavy (non-hydrogen) atoms. The molecule has 0 unspecified atom stereocenters. The average Bonchev–Trinajstić information content (AvgIpc) is 2.89. The highest BCUT2D eigenvalue weighted by Crippen LogP contribution is 2.38. The van der Waals surface area contributed by atoms with Crippen molar-refractivity contribution in [2.45, 2.75) is 66.2 Å². The second kappa shape index (κ2) is 11.9. The number of aliphatic imine (C=N–C) groups is 1. The molecule has 10 nitrogen and oxygen atoms in total. The van der Waals surface area contributed by atoms with E-state index in [0.29, 0.717) is 30.4 Å². The molecule has 2 atom stereocenters. The number of aryl methyl sites for hydroxylation is 1. The first-order valence-electron chi connectivity index (χ1n) is 13.9. The molecule has 2 aromatic carbocycles. The number of methoxy groups -OCH3 is 1. The predicted octanol–water partition coefficient (Wildman–Crippen LogP) is 5.36. The van der Waals surface area contributed by atoms with Crippen molar-refractivity contribution in [2.75, 3.05) is 44.7 Å². The van der Waals surface area contributed by atoms with E-state index in [2.05, 4.69) is 35.9 Å². The van der Waals surface area contributed by atoms with Gasteiger partial charge in [-0.1, -0.05) is 0 Å². The Kier molecular flexibility index (Phi) is 8.72. The monoisotopic (exact) mass is 562 g/mol. The van der Waals surface area contributed by atoms with Crippen LogP contribution in [0.5, 0.6) is 5.75 Å². The number of aromatic nitrogens is 2. The molecule has 0 bridgehead atoms. The van der Waals surface area contributed by atoms with Gasteiger partial charge in [0.25, 0.3) is 0 Å². The summed E-state index contributed by atoms with van der Waals surface area (Å²) >= 11 is 0. The number of benzene rings is 2. The molecule has 220 valence electrons. The third-order valence-corrected chi connectivity index (χ3v) is 7.19. The lowest BCUT2D eigenvalue weighted by molar-refractivity contribution is 0.00566. The number of carbonyl (C=O) groups is 1. The smallest absolute Gasteiger partial charge is 0.410 e. The molecule has 1 aliphatic heterocycles. The molecule has 10 heteroatoms. The van der Waals surface area contributed by atoms with Gasteiger partial charge in [-0.25, -0.2) is 14.8 Å². The summed E-state index contributed by atoms with van der Waals surface area (Å²) in [7, 11) is 3.28. The van der Waals surface area contributed by atoms with Crippen molar-refractivity contribution in [3.05, 3.63) is 41.1 Å². The number of piperazine rings is 1. The molecular weight excluding hydrogens is 520 g/mol. The van der Waals surface area contributed by atoms with Gasteiger partial charge in [0, 0.05) is 67.0 Å². The van der Waals surface area contributed by atoms with E-state index < -0.39 is 5.60 Å². The molecular formula is C31H42N6O4. The van der Waals surface area contributed by atoms with Gasteiger partial charge in [-0.15, -0.1) is 0 Å². The molecule has 1 aliphatic rings. The van der Waals surface area contributed by atoms with Gasteiger partial charge in [0.05, 0.1) is 23.2 Å². The van der Waals surface area contributed by atoms with Crippen molar-refractivity contribution in [1.82, 2.24) is 14.9 Å². The zero-order chi connectivity index (χ0) is 30.1. The number of hydrogen-bond acceptors (Lipinski definition) is 9. The zero-order valence-corrected chi connectivity index (χ0v) is 25.6. The van der Waals surface area contributed by atoms with Crippen LogP contribution in [-0.4, -0.2) is 78.9 Å². The summed E-state index contributed by atoms with van der Waals surface area (Å²) < 4.78 is 16.8. The Morgan fingerprint density at radius 1 is 1.15 bits per heavy atom. The van der Waals surface area contributed by atoms with Crippen LogP contribution in [0.15, 0.2) is 29.3 Å². The quantitative estimate of drug-likeness (QED) is 0.243. The lowest BCUT2D eigenvalue weighted by Crippen LogP contribution is -2.59. The van der Waals surface area contributed by atoms with Crippen LogP contribution in [-0.2, 0) is 9.47 Å². The van der Waals surface area contributed by atoms with Gasteiger partial charge in [-0.3, -0.25) is 9.89 Å². The van der Waals surface area contributed by atoms with Crippen LogP contribution >= 0.6 is 0 Å². The van der Waals surface area contributed by atoms with E-state index >= 15 is 0 Å². The molecule has 0 aliphatic carbocycles.